The molecule has 0 heterocycles. The van der Waals surface area contributed by atoms with Crippen molar-refractivity contribution in [3.05, 3.63) is 0 Å². The summed E-state index contributed by atoms with van der Waals surface area (Å²) in [5.74, 6) is -10.7. The summed E-state index contributed by atoms with van der Waals surface area (Å²) in [6.07, 6.45) is -6.73. The van der Waals surface area contributed by atoms with Crippen LogP contribution in [0.5, 0.6) is 0 Å². The number of hydrogen-bond donors (Lipinski definition) is 2. The lowest BCUT2D eigenvalue weighted by molar-refractivity contribution is -0.313. The summed E-state index contributed by atoms with van der Waals surface area (Å²) in [7, 11) is -6.86. The predicted octanol–water partition coefficient (Wildman–Crippen LogP) is 2.22. The number of carbonyl (C=O) groups excluding carboxylic acids is 1. The first-order valence-corrected chi connectivity index (χ1v) is 9.50. The van der Waals surface area contributed by atoms with E-state index in [1.165, 1.54) is 0 Å². The highest BCUT2D eigenvalue weighted by Crippen LogP contribution is 2.58. The van der Waals surface area contributed by atoms with Crippen LogP contribution in [0.25, 0.3) is 0 Å². The number of aliphatic hydroxyl groups is 1. The van der Waals surface area contributed by atoms with E-state index in [4.69, 9.17) is 4.55 Å². The standard InChI is InChI=1S/C14H16F6O6S/c15-12(27(23,24)25,13(16,17)14(18,19)20)10(22)26-11-3-6-1-7(4-11)9(21)8(2-6)5-11/h6-9,21H,1-5H2,(H,23,24,25). The monoisotopic (exact) mass is 426 g/mol. The Kier molecular flexibility index (Phi) is 4.38. The molecule has 4 rings (SSSR count). The number of rotatable bonds is 4. The first-order chi connectivity index (χ1) is 12.0. The molecule has 4 bridgehead atoms. The molecule has 0 saturated heterocycles. The Hall–Kier alpha value is -1.08. The molecule has 13 heteroatoms. The zero-order valence-electron chi connectivity index (χ0n) is 13.5. The summed E-state index contributed by atoms with van der Waals surface area (Å²) >= 11 is 0. The maximum Gasteiger partial charge on any atom is 0.458 e. The molecule has 0 aromatic heterocycles. The number of halogens is 6. The molecule has 0 aliphatic heterocycles. The molecule has 0 radical (unpaired) electrons. The average Bonchev–Trinajstić information content (AvgIpc) is 2.47. The quantitative estimate of drug-likeness (QED) is 0.406. The fraction of sp³-hybridized carbons (Fsp3) is 0.929. The Balaban J connectivity index is 1.96. The Labute approximate surface area is 149 Å². The van der Waals surface area contributed by atoms with E-state index < -0.39 is 56.7 Å². The minimum atomic E-state index is -6.86. The number of alkyl halides is 6. The van der Waals surface area contributed by atoms with E-state index >= 15 is 0 Å². The molecule has 4 aliphatic carbocycles. The third kappa shape index (κ3) is 2.84. The van der Waals surface area contributed by atoms with Crippen molar-refractivity contribution in [1.82, 2.24) is 0 Å². The van der Waals surface area contributed by atoms with Crippen molar-refractivity contribution >= 4 is 16.1 Å². The SMILES string of the molecule is O=C(OC12CC3CC(C1)C(O)C(C3)C2)C(F)(C(F)(F)C(F)(F)F)S(=O)(=O)O. The van der Waals surface area contributed by atoms with Crippen molar-refractivity contribution in [1.29, 1.82) is 0 Å². The van der Waals surface area contributed by atoms with Gasteiger partial charge in [0.1, 0.15) is 5.60 Å². The second kappa shape index (κ2) is 5.72. The zero-order chi connectivity index (χ0) is 20.6. The molecule has 4 aliphatic rings. The van der Waals surface area contributed by atoms with Crippen LogP contribution in [0.4, 0.5) is 26.3 Å². The molecule has 4 saturated carbocycles. The number of carbonyl (C=O) groups is 1. The van der Waals surface area contributed by atoms with Crippen molar-refractivity contribution in [2.75, 3.05) is 0 Å². The van der Waals surface area contributed by atoms with Gasteiger partial charge in [-0.1, -0.05) is 0 Å². The molecule has 156 valence electrons. The van der Waals surface area contributed by atoms with Gasteiger partial charge < -0.3 is 9.84 Å². The second-order valence-electron chi connectivity index (χ2n) is 7.68. The molecule has 0 spiro atoms. The minimum absolute atomic E-state index is 0.0254. The van der Waals surface area contributed by atoms with Crippen molar-refractivity contribution < 1.29 is 54.0 Å². The van der Waals surface area contributed by atoms with Crippen LogP contribution < -0.4 is 0 Å². The average molecular weight is 426 g/mol. The molecule has 0 aromatic rings. The zero-order valence-corrected chi connectivity index (χ0v) is 14.4. The Morgan fingerprint density at radius 1 is 1.00 bits per heavy atom. The summed E-state index contributed by atoms with van der Waals surface area (Å²) in [6, 6.07) is 0. The third-order valence-electron chi connectivity index (χ3n) is 5.85. The minimum Gasteiger partial charge on any atom is -0.456 e. The first kappa shape index (κ1) is 20.6. The molecule has 27 heavy (non-hydrogen) atoms. The van der Waals surface area contributed by atoms with Gasteiger partial charge in [0.05, 0.1) is 6.10 Å². The maximum atomic E-state index is 14.5. The van der Waals surface area contributed by atoms with Gasteiger partial charge in [0.2, 0.25) is 0 Å². The highest BCUT2D eigenvalue weighted by atomic mass is 32.2. The van der Waals surface area contributed by atoms with Crippen LogP contribution in [0, 0.1) is 17.8 Å². The van der Waals surface area contributed by atoms with E-state index in [0.29, 0.717) is 12.8 Å². The van der Waals surface area contributed by atoms with Crippen LogP contribution in [0.1, 0.15) is 32.1 Å². The van der Waals surface area contributed by atoms with Crippen LogP contribution in [0.15, 0.2) is 0 Å². The van der Waals surface area contributed by atoms with Gasteiger partial charge in [-0.25, -0.2) is 9.18 Å². The molecule has 2 N–H and O–H groups in total. The summed E-state index contributed by atoms with van der Waals surface area (Å²) in [5, 5.41) is 4.04. The third-order valence-corrected chi connectivity index (χ3v) is 6.99. The maximum absolute atomic E-state index is 14.5. The van der Waals surface area contributed by atoms with Crippen LogP contribution in [0.2, 0.25) is 0 Å². The van der Waals surface area contributed by atoms with Gasteiger partial charge in [-0.05, 0) is 49.9 Å². The van der Waals surface area contributed by atoms with Gasteiger partial charge in [-0.3, -0.25) is 4.55 Å². The number of hydrogen-bond acceptors (Lipinski definition) is 5. The molecular formula is C14H16F6O6S. The van der Waals surface area contributed by atoms with Crippen molar-refractivity contribution in [3.63, 3.8) is 0 Å². The van der Waals surface area contributed by atoms with Gasteiger partial charge in [0.15, 0.2) is 0 Å². The van der Waals surface area contributed by atoms with Gasteiger partial charge in [-0.15, -0.1) is 0 Å². The molecule has 0 aromatic carbocycles. The number of esters is 1. The topological polar surface area (TPSA) is 101 Å². The van der Waals surface area contributed by atoms with E-state index in [9.17, 15) is 44.7 Å². The lowest BCUT2D eigenvalue weighted by Crippen LogP contribution is -2.66. The van der Waals surface area contributed by atoms with E-state index in [2.05, 4.69) is 4.74 Å². The predicted molar refractivity (Wildman–Crippen MR) is 74.8 cm³/mol. The van der Waals surface area contributed by atoms with Crippen molar-refractivity contribution in [2.45, 2.75) is 60.9 Å². The van der Waals surface area contributed by atoms with Crippen LogP contribution >= 0.6 is 0 Å². The van der Waals surface area contributed by atoms with Crippen LogP contribution in [0.3, 0.4) is 0 Å². The normalized spacial score (nSPS) is 38.5. The van der Waals surface area contributed by atoms with Gasteiger partial charge in [0, 0.05) is 0 Å². The molecule has 4 fully saturated rings. The molecule has 3 atom stereocenters. The molecule has 3 unspecified atom stereocenters. The summed E-state index contributed by atoms with van der Waals surface area (Å²) in [5.41, 5.74) is -1.66. The van der Waals surface area contributed by atoms with Gasteiger partial charge in [-0.2, -0.15) is 30.4 Å². The highest BCUT2D eigenvalue weighted by molar-refractivity contribution is 7.88. The molecular weight excluding hydrogens is 410 g/mol. The van der Waals surface area contributed by atoms with Crippen LogP contribution in [-0.2, 0) is 19.6 Å². The largest absolute Gasteiger partial charge is 0.458 e. The number of ether oxygens (including phenoxy) is 1. The molecule has 6 nitrogen and oxygen atoms in total. The first-order valence-electron chi connectivity index (χ1n) is 8.06. The van der Waals surface area contributed by atoms with Gasteiger partial charge >= 0.3 is 33.2 Å². The summed E-state index contributed by atoms with van der Waals surface area (Å²) in [4.78, 5) is 12.0. The Morgan fingerprint density at radius 2 is 1.48 bits per heavy atom. The van der Waals surface area contributed by atoms with E-state index in [-0.39, 0.29) is 25.2 Å². The molecule has 0 amide bonds. The van der Waals surface area contributed by atoms with E-state index in [1.54, 1.807) is 0 Å². The number of aliphatic hydroxyl groups excluding tert-OH is 1. The van der Waals surface area contributed by atoms with Crippen molar-refractivity contribution in [2.24, 2.45) is 17.8 Å². The Bertz CT molecular complexity index is 736. The fourth-order valence-corrected chi connectivity index (χ4v) is 5.58. The van der Waals surface area contributed by atoms with Crippen molar-refractivity contribution in [3.8, 4) is 0 Å². The summed E-state index contributed by atoms with van der Waals surface area (Å²) in [6.45, 7) is 0. The smallest absolute Gasteiger partial charge is 0.456 e. The van der Waals surface area contributed by atoms with E-state index in [0.717, 1.165) is 0 Å². The Morgan fingerprint density at radius 3 is 1.89 bits per heavy atom. The van der Waals surface area contributed by atoms with Gasteiger partial charge in [0.25, 0.3) is 0 Å². The lowest BCUT2D eigenvalue weighted by Gasteiger charge is -2.57. The van der Waals surface area contributed by atoms with E-state index in [1.807, 2.05) is 0 Å². The van der Waals surface area contributed by atoms with Crippen LogP contribution in [-0.4, -0.2) is 52.9 Å². The fourth-order valence-electron chi connectivity index (χ4n) is 4.89. The highest BCUT2D eigenvalue weighted by Gasteiger charge is 2.82. The second-order valence-corrected chi connectivity index (χ2v) is 9.19. The lowest BCUT2D eigenvalue weighted by atomic mass is 9.53. The summed E-state index contributed by atoms with van der Waals surface area (Å²) < 4.78 is 115.